The second-order valence-corrected chi connectivity index (χ2v) is 5.65. The Balaban J connectivity index is 2.25. The van der Waals surface area contributed by atoms with Gasteiger partial charge in [-0.25, -0.2) is 4.79 Å². The van der Waals surface area contributed by atoms with Crippen LogP contribution in [0.25, 0.3) is 0 Å². The van der Waals surface area contributed by atoms with E-state index in [4.69, 9.17) is 9.47 Å². The van der Waals surface area contributed by atoms with Crippen molar-refractivity contribution in [1.82, 2.24) is 5.32 Å². The average molecular weight is 358 g/mol. The van der Waals surface area contributed by atoms with Gasteiger partial charge in [-0.15, -0.1) is 0 Å². The molecule has 5 heteroatoms. The number of ether oxygens (including phenoxy) is 2. The second-order valence-electron chi connectivity index (χ2n) is 4.79. The highest BCUT2D eigenvalue weighted by Gasteiger charge is 2.08. The lowest BCUT2D eigenvalue weighted by molar-refractivity contribution is 0.0600. The van der Waals surface area contributed by atoms with Crippen LogP contribution in [0.1, 0.15) is 42.1 Å². The fourth-order valence-electron chi connectivity index (χ4n) is 1.81. The van der Waals surface area contributed by atoms with Crippen molar-refractivity contribution in [2.45, 2.75) is 32.7 Å². The molecule has 0 atom stereocenters. The quantitative estimate of drug-likeness (QED) is 0.514. The monoisotopic (exact) mass is 357 g/mol. The summed E-state index contributed by atoms with van der Waals surface area (Å²) >= 11 is 3.48. The van der Waals surface area contributed by atoms with Crippen LogP contribution in [0, 0.1) is 0 Å². The normalized spacial score (nSPS) is 10.6. The van der Waals surface area contributed by atoms with Gasteiger partial charge in [-0.1, -0.05) is 35.3 Å². The van der Waals surface area contributed by atoms with Gasteiger partial charge < -0.3 is 14.8 Å². The summed E-state index contributed by atoms with van der Waals surface area (Å²) in [6, 6.07) is 5.50. The van der Waals surface area contributed by atoms with E-state index in [2.05, 4.69) is 28.2 Å². The molecule has 0 aromatic heterocycles. The Bertz CT molecular complexity index is 438. The van der Waals surface area contributed by atoms with Crippen LogP contribution < -0.4 is 5.32 Å². The van der Waals surface area contributed by atoms with Crippen LogP contribution in [-0.4, -0.2) is 32.8 Å². The molecule has 0 spiro atoms. The third-order valence-corrected chi connectivity index (χ3v) is 3.81. The van der Waals surface area contributed by atoms with E-state index in [9.17, 15) is 4.79 Å². The van der Waals surface area contributed by atoms with Crippen molar-refractivity contribution in [3.05, 3.63) is 33.8 Å². The molecule has 1 aromatic carbocycles. The number of nitrogens with one attached hydrogen (secondary N) is 1. The van der Waals surface area contributed by atoms with Crippen molar-refractivity contribution < 1.29 is 14.3 Å². The highest BCUT2D eigenvalue weighted by molar-refractivity contribution is 9.10. The Labute approximate surface area is 135 Å². The summed E-state index contributed by atoms with van der Waals surface area (Å²) in [6.07, 6.45) is 3.31. The molecular formula is C16H24BrNO3. The van der Waals surface area contributed by atoms with E-state index >= 15 is 0 Å². The van der Waals surface area contributed by atoms with E-state index in [1.165, 1.54) is 13.5 Å². The van der Waals surface area contributed by atoms with E-state index in [-0.39, 0.29) is 5.97 Å². The Morgan fingerprint density at radius 2 is 2.05 bits per heavy atom. The van der Waals surface area contributed by atoms with E-state index < -0.39 is 0 Å². The average Bonchev–Trinajstić information content (AvgIpc) is 2.50. The second kappa shape index (κ2) is 10.8. The molecular weight excluding hydrogens is 334 g/mol. The molecule has 118 valence electrons. The SMILES string of the molecule is CCCCOCCCNCc1ccc(C(=O)OC)cc1Br. The molecule has 1 N–H and O–H groups in total. The van der Waals surface area contributed by atoms with Crippen LogP contribution in [0.15, 0.2) is 22.7 Å². The third kappa shape index (κ3) is 7.07. The van der Waals surface area contributed by atoms with E-state index in [1.54, 1.807) is 12.1 Å². The molecule has 0 unspecified atom stereocenters. The van der Waals surface area contributed by atoms with Crippen molar-refractivity contribution in [3.8, 4) is 0 Å². The smallest absolute Gasteiger partial charge is 0.337 e. The first-order chi connectivity index (χ1) is 10.2. The van der Waals surface area contributed by atoms with Crippen LogP contribution in [0.5, 0.6) is 0 Å². The summed E-state index contributed by atoms with van der Waals surface area (Å²) in [5.74, 6) is -0.320. The molecule has 1 rings (SSSR count). The minimum absolute atomic E-state index is 0.320. The summed E-state index contributed by atoms with van der Waals surface area (Å²) in [4.78, 5) is 11.4. The first-order valence-corrected chi connectivity index (χ1v) is 8.13. The molecule has 4 nitrogen and oxygen atoms in total. The van der Waals surface area contributed by atoms with E-state index in [1.807, 2.05) is 6.07 Å². The molecule has 1 aromatic rings. The molecule has 0 aliphatic heterocycles. The highest BCUT2D eigenvalue weighted by Crippen LogP contribution is 2.19. The van der Waals surface area contributed by atoms with Crippen molar-refractivity contribution in [2.75, 3.05) is 26.9 Å². The van der Waals surface area contributed by atoms with Gasteiger partial charge in [0.1, 0.15) is 0 Å². The largest absolute Gasteiger partial charge is 0.465 e. The van der Waals surface area contributed by atoms with E-state index in [0.717, 1.165) is 49.2 Å². The molecule has 0 saturated heterocycles. The van der Waals surface area contributed by atoms with Gasteiger partial charge in [0, 0.05) is 24.2 Å². The Hall–Kier alpha value is -0.910. The Morgan fingerprint density at radius 3 is 2.71 bits per heavy atom. The van der Waals surface area contributed by atoms with Crippen LogP contribution >= 0.6 is 15.9 Å². The van der Waals surface area contributed by atoms with Crippen LogP contribution in [-0.2, 0) is 16.0 Å². The molecule has 0 amide bonds. The van der Waals surface area contributed by atoms with Gasteiger partial charge in [-0.3, -0.25) is 0 Å². The van der Waals surface area contributed by atoms with Gasteiger partial charge in [0.2, 0.25) is 0 Å². The van der Waals surface area contributed by atoms with Gasteiger partial charge in [0.15, 0.2) is 0 Å². The maximum absolute atomic E-state index is 11.4. The van der Waals surface area contributed by atoms with E-state index in [0.29, 0.717) is 5.56 Å². The molecule has 21 heavy (non-hydrogen) atoms. The summed E-state index contributed by atoms with van der Waals surface area (Å²) in [7, 11) is 1.38. The molecule has 0 fully saturated rings. The number of carbonyl (C=O) groups excluding carboxylic acids is 1. The highest BCUT2D eigenvalue weighted by atomic mass is 79.9. The van der Waals surface area contributed by atoms with Crippen LogP contribution in [0.3, 0.4) is 0 Å². The lowest BCUT2D eigenvalue weighted by Gasteiger charge is -2.08. The molecule has 0 radical (unpaired) electrons. The predicted octanol–water partition coefficient (Wildman–Crippen LogP) is 3.53. The zero-order chi connectivity index (χ0) is 15.5. The van der Waals surface area contributed by atoms with Gasteiger partial charge in [-0.05, 0) is 37.1 Å². The number of hydrogen-bond acceptors (Lipinski definition) is 4. The number of benzene rings is 1. The molecule has 0 heterocycles. The number of halogens is 1. The number of rotatable bonds is 10. The third-order valence-electron chi connectivity index (χ3n) is 3.07. The number of hydrogen-bond donors (Lipinski definition) is 1. The molecule has 0 aliphatic rings. The molecule has 0 saturated carbocycles. The first kappa shape index (κ1) is 18.1. The minimum Gasteiger partial charge on any atom is -0.465 e. The van der Waals surface area contributed by atoms with Crippen molar-refractivity contribution in [1.29, 1.82) is 0 Å². The fourth-order valence-corrected chi connectivity index (χ4v) is 2.33. The van der Waals surface area contributed by atoms with Crippen LogP contribution in [0.4, 0.5) is 0 Å². The predicted molar refractivity (Wildman–Crippen MR) is 87.5 cm³/mol. The summed E-state index contributed by atoms with van der Waals surface area (Å²) in [5.41, 5.74) is 1.67. The maximum Gasteiger partial charge on any atom is 0.337 e. The van der Waals surface area contributed by atoms with Gasteiger partial charge in [0.25, 0.3) is 0 Å². The minimum atomic E-state index is -0.320. The summed E-state index contributed by atoms with van der Waals surface area (Å²) in [5, 5.41) is 3.37. The fraction of sp³-hybridized carbons (Fsp3) is 0.562. The standard InChI is InChI=1S/C16H24BrNO3/c1-3-4-9-21-10-5-8-18-12-14-7-6-13(11-15(14)17)16(19)20-2/h6-7,11,18H,3-5,8-10,12H2,1-2H3. The van der Waals surface area contributed by atoms with Crippen molar-refractivity contribution >= 4 is 21.9 Å². The number of carbonyl (C=O) groups is 1. The number of unbranched alkanes of at least 4 members (excludes halogenated alkanes) is 1. The summed E-state index contributed by atoms with van der Waals surface area (Å²) in [6.45, 7) is 5.50. The summed E-state index contributed by atoms with van der Waals surface area (Å²) < 4.78 is 11.1. The zero-order valence-electron chi connectivity index (χ0n) is 12.8. The zero-order valence-corrected chi connectivity index (χ0v) is 14.4. The topological polar surface area (TPSA) is 47.6 Å². The van der Waals surface area contributed by atoms with Gasteiger partial charge >= 0.3 is 5.97 Å². The molecule has 0 bridgehead atoms. The molecule has 0 aliphatic carbocycles. The Morgan fingerprint density at radius 1 is 1.29 bits per heavy atom. The maximum atomic E-state index is 11.4. The van der Waals surface area contributed by atoms with Gasteiger partial charge in [0.05, 0.1) is 12.7 Å². The number of methoxy groups -OCH3 is 1. The lowest BCUT2D eigenvalue weighted by Crippen LogP contribution is -2.17. The van der Waals surface area contributed by atoms with Crippen molar-refractivity contribution in [3.63, 3.8) is 0 Å². The first-order valence-electron chi connectivity index (χ1n) is 7.34. The number of esters is 1. The Kier molecular flexibility index (Phi) is 9.30. The van der Waals surface area contributed by atoms with Gasteiger partial charge in [-0.2, -0.15) is 0 Å². The lowest BCUT2D eigenvalue weighted by atomic mass is 10.1. The van der Waals surface area contributed by atoms with Crippen LogP contribution in [0.2, 0.25) is 0 Å². The van der Waals surface area contributed by atoms with Crippen molar-refractivity contribution in [2.24, 2.45) is 0 Å².